The van der Waals surface area contributed by atoms with Crippen LogP contribution in [0.3, 0.4) is 0 Å². The van der Waals surface area contributed by atoms with Gasteiger partial charge < -0.3 is 4.74 Å². The average Bonchev–Trinajstić information content (AvgIpc) is 1.79. The van der Waals surface area contributed by atoms with E-state index in [1.807, 2.05) is 0 Å². The minimum Gasteiger partial charge on any atom is -0.363 e. The van der Waals surface area contributed by atoms with E-state index in [4.69, 9.17) is 4.74 Å². The summed E-state index contributed by atoms with van der Waals surface area (Å²) in [6.45, 7) is 4.75. The number of ether oxygens (including phenoxy) is 1. The highest BCUT2D eigenvalue weighted by Gasteiger charge is 2.45. The van der Waals surface area contributed by atoms with Crippen LogP contribution in [0.4, 0.5) is 8.78 Å². The van der Waals surface area contributed by atoms with Crippen molar-refractivity contribution in [3.63, 3.8) is 0 Å². The van der Waals surface area contributed by atoms with Gasteiger partial charge in [0.05, 0.1) is 26.7 Å². The SMILES string of the molecule is CC(C)(C)OCC(F)(F)[N+](C)(C)C. The average molecular weight is 196 g/mol. The third kappa shape index (κ3) is 4.52. The second-order valence-corrected chi connectivity index (χ2v) is 5.08. The van der Waals surface area contributed by atoms with Crippen LogP contribution in [0.2, 0.25) is 0 Å². The number of alkyl halides is 2. The Labute approximate surface area is 79.1 Å². The molecule has 80 valence electrons. The molecule has 0 N–H and O–H groups in total. The molecular weight excluding hydrogens is 176 g/mol. The van der Waals surface area contributed by atoms with Crippen LogP contribution in [-0.2, 0) is 4.74 Å². The third-order valence-corrected chi connectivity index (χ3v) is 1.66. The molecule has 4 heteroatoms. The van der Waals surface area contributed by atoms with Crippen molar-refractivity contribution in [1.29, 1.82) is 0 Å². The number of halogens is 2. The Kier molecular flexibility index (Phi) is 3.44. The zero-order chi connectivity index (χ0) is 10.9. The standard InChI is InChI=1S/C9H20F2NO/c1-8(2,3)13-7-9(10,11)12(4,5)6/h7H2,1-6H3/q+1. The van der Waals surface area contributed by atoms with Crippen molar-refractivity contribution >= 4 is 0 Å². The summed E-state index contributed by atoms with van der Waals surface area (Å²) in [7, 11) is 4.35. The monoisotopic (exact) mass is 196 g/mol. The first kappa shape index (κ1) is 12.8. The maximum absolute atomic E-state index is 13.3. The molecule has 13 heavy (non-hydrogen) atoms. The normalized spacial score (nSPS) is 14.8. The minimum absolute atomic E-state index is 0.414. The van der Waals surface area contributed by atoms with Crippen LogP contribution >= 0.6 is 0 Å². The van der Waals surface area contributed by atoms with Gasteiger partial charge in [0, 0.05) is 0 Å². The molecule has 0 aliphatic rings. The molecule has 0 spiro atoms. The van der Waals surface area contributed by atoms with Crippen molar-refractivity contribution < 1.29 is 18.0 Å². The van der Waals surface area contributed by atoms with E-state index in [2.05, 4.69) is 0 Å². The fourth-order valence-electron chi connectivity index (χ4n) is 0.497. The molecule has 0 saturated heterocycles. The lowest BCUT2D eigenvalue weighted by atomic mass is 10.2. The first-order valence-electron chi connectivity index (χ1n) is 4.29. The maximum atomic E-state index is 13.3. The first-order valence-corrected chi connectivity index (χ1v) is 4.29. The molecule has 0 aliphatic heterocycles. The molecular formula is C9H20F2NO+. The quantitative estimate of drug-likeness (QED) is 0.496. The number of hydrogen-bond acceptors (Lipinski definition) is 1. The lowest BCUT2D eigenvalue weighted by molar-refractivity contribution is -0.961. The van der Waals surface area contributed by atoms with Crippen LogP contribution in [0.25, 0.3) is 0 Å². The maximum Gasteiger partial charge on any atom is 0.413 e. The van der Waals surface area contributed by atoms with Gasteiger partial charge in [-0.15, -0.1) is 8.78 Å². The van der Waals surface area contributed by atoms with Crippen LogP contribution in [0.5, 0.6) is 0 Å². The van der Waals surface area contributed by atoms with Crippen LogP contribution in [0, 0.1) is 0 Å². The summed E-state index contributed by atoms with van der Waals surface area (Å²) in [5.74, 6) is 0. The summed E-state index contributed by atoms with van der Waals surface area (Å²) in [4.78, 5) is 0. The number of nitrogens with zero attached hydrogens (tertiary/aromatic N) is 1. The van der Waals surface area contributed by atoms with E-state index in [0.717, 1.165) is 0 Å². The van der Waals surface area contributed by atoms with Gasteiger partial charge in [0.15, 0.2) is 6.61 Å². The fourth-order valence-corrected chi connectivity index (χ4v) is 0.497. The second-order valence-electron chi connectivity index (χ2n) is 5.08. The van der Waals surface area contributed by atoms with E-state index in [1.54, 1.807) is 20.8 Å². The molecule has 0 aromatic carbocycles. The van der Waals surface area contributed by atoms with Crippen LogP contribution in [0.15, 0.2) is 0 Å². The van der Waals surface area contributed by atoms with Gasteiger partial charge in [-0.25, -0.2) is 0 Å². The highest BCUT2D eigenvalue weighted by atomic mass is 19.3. The molecule has 0 unspecified atom stereocenters. The van der Waals surface area contributed by atoms with Crippen molar-refractivity contribution in [2.75, 3.05) is 27.7 Å². The number of hydrogen-bond donors (Lipinski definition) is 0. The van der Waals surface area contributed by atoms with E-state index in [1.165, 1.54) is 21.1 Å². The zero-order valence-corrected chi connectivity index (χ0v) is 9.32. The molecule has 0 radical (unpaired) electrons. The molecule has 0 fully saturated rings. The first-order chi connectivity index (χ1) is 5.46. The van der Waals surface area contributed by atoms with E-state index in [9.17, 15) is 8.78 Å². The van der Waals surface area contributed by atoms with Gasteiger partial charge in [0.25, 0.3) is 0 Å². The van der Waals surface area contributed by atoms with Crippen molar-refractivity contribution in [3.05, 3.63) is 0 Å². The highest BCUT2D eigenvalue weighted by molar-refractivity contribution is 4.61. The molecule has 0 amide bonds. The van der Waals surface area contributed by atoms with Crippen molar-refractivity contribution in [3.8, 4) is 0 Å². The van der Waals surface area contributed by atoms with Gasteiger partial charge in [0.1, 0.15) is 0 Å². The fraction of sp³-hybridized carbons (Fsp3) is 1.00. The van der Waals surface area contributed by atoms with Crippen molar-refractivity contribution in [2.45, 2.75) is 32.4 Å². The molecule has 0 aromatic rings. The molecule has 0 heterocycles. The molecule has 0 atom stereocenters. The summed E-state index contributed by atoms with van der Waals surface area (Å²) in [5, 5.41) is 0. The number of quaternary nitrogens is 1. The Hall–Kier alpha value is -0.220. The largest absolute Gasteiger partial charge is 0.413 e. The number of likely N-dealkylation sites (N-methyl/N-ethyl adjacent to an activating group) is 1. The molecule has 0 saturated carbocycles. The van der Waals surface area contributed by atoms with Crippen LogP contribution in [0.1, 0.15) is 20.8 Å². The third-order valence-electron chi connectivity index (χ3n) is 1.66. The topological polar surface area (TPSA) is 9.23 Å². The van der Waals surface area contributed by atoms with E-state index in [0.29, 0.717) is 0 Å². The van der Waals surface area contributed by atoms with Gasteiger partial charge in [0.2, 0.25) is 0 Å². The Morgan fingerprint density at radius 1 is 1.08 bits per heavy atom. The minimum atomic E-state index is -2.84. The molecule has 0 aromatic heterocycles. The smallest absolute Gasteiger partial charge is 0.363 e. The highest BCUT2D eigenvalue weighted by Crippen LogP contribution is 2.24. The van der Waals surface area contributed by atoms with Gasteiger partial charge in [-0.1, -0.05) is 0 Å². The van der Waals surface area contributed by atoms with Gasteiger partial charge in [-0.3, -0.25) is 4.48 Å². The number of rotatable bonds is 3. The Morgan fingerprint density at radius 3 is 1.69 bits per heavy atom. The van der Waals surface area contributed by atoms with Crippen molar-refractivity contribution in [1.82, 2.24) is 0 Å². The molecule has 2 nitrogen and oxygen atoms in total. The molecule has 0 rings (SSSR count). The summed E-state index contributed by atoms with van der Waals surface area (Å²) < 4.78 is 31.3. The summed E-state index contributed by atoms with van der Waals surface area (Å²) >= 11 is 0. The second kappa shape index (κ2) is 3.50. The van der Waals surface area contributed by atoms with Gasteiger partial charge in [-0.05, 0) is 20.8 Å². The zero-order valence-electron chi connectivity index (χ0n) is 9.32. The summed E-state index contributed by atoms with van der Waals surface area (Å²) in [6, 6.07) is -2.84. The predicted molar refractivity (Wildman–Crippen MR) is 48.7 cm³/mol. The lowest BCUT2D eigenvalue weighted by Gasteiger charge is -2.34. The molecule has 0 aliphatic carbocycles. The van der Waals surface area contributed by atoms with E-state index in [-0.39, 0.29) is 0 Å². The summed E-state index contributed by atoms with van der Waals surface area (Å²) in [5.41, 5.74) is -0.515. The lowest BCUT2D eigenvalue weighted by Crippen LogP contribution is -2.54. The predicted octanol–water partition coefficient (Wildman–Crippen LogP) is 2.10. The Morgan fingerprint density at radius 2 is 1.46 bits per heavy atom. The molecule has 0 bridgehead atoms. The van der Waals surface area contributed by atoms with Crippen molar-refractivity contribution in [2.24, 2.45) is 0 Å². The Balaban J connectivity index is 4.21. The summed E-state index contributed by atoms with van der Waals surface area (Å²) in [6.07, 6.45) is 0. The van der Waals surface area contributed by atoms with Gasteiger partial charge in [-0.2, -0.15) is 0 Å². The van der Waals surface area contributed by atoms with E-state index < -0.39 is 22.7 Å². The van der Waals surface area contributed by atoms with Gasteiger partial charge >= 0.3 is 6.05 Å². The Bertz CT molecular complexity index is 167. The van der Waals surface area contributed by atoms with Crippen LogP contribution < -0.4 is 0 Å². The van der Waals surface area contributed by atoms with Crippen LogP contribution in [-0.4, -0.2) is 43.9 Å². The van der Waals surface area contributed by atoms with E-state index >= 15 is 0 Å².